The third-order valence-corrected chi connectivity index (χ3v) is 4.69. The lowest BCUT2D eigenvalue weighted by Crippen LogP contribution is -2.48. The van der Waals surface area contributed by atoms with Gasteiger partial charge in [-0.05, 0) is 24.3 Å². The van der Waals surface area contributed by atoms with Gasteiger partial charge in [-0.15, -0.1) is 0 Å². The molecule has 1 aromatic carbocycles. The molecule has 148 valence electrons. The first-order valence-corrected chi connectivity index (χ1v) is 9.07. The highest BCUT2D eigenvalue weighted by molar-refractivity contribution is 5.92. The number of piperazine rings is 1. The van der Waals surface area contributed by atoms with Crippen molar-refractivity contribution in [1.29, 1.82) is 0 Å². The first kappa shape index (κ1) is 18.7. The summed E-state index contributed by atoms with van der Waals surface area (Å²) in [6.45, 7) is 2.21. The van der Waals surface area contributed by atoms with E-state index in [-0.39, 0.29) is 11.5 Å². The van der Waals surface area contributed by atoms with E-state index < -0.39 is 11.6 Å². The molecule has 1 fully saturated rings. The lowest BCUT2D eigenvalue weighted by atomic mass is 10.2. The lowest BCUT2D eigenvalue weighted by Gasteiger charge is -2.35. The standard InChI is InChI=1S/C20H18F2N6O/c21-16-2-3-17(22)15(11-16)1-4-20(29)27-9-7-26(8-10-27)18-12-19(25-13-24-18)28-6-5-23-14-28/h1-6,11-14H,7-10H2/b4-1+. The maximum Gasteiger partial charge on any atom is 0.246 e. The zero-order valence-corrected chi connectivity index (χ0v) is 15.4. The van der Waals surface area contributed by atoms with Crippen LogP contribution >= 0.6 is 0 Å². The molecule has 0 bridgehead atoms. The maximum absolute atomic E-state index is 13.7. The zero-order chi connectivity index (χ0) is 20.2. The van der Waals surface area contributed by atoms with Crippen LogP contribution in [-0.2, 0) is 4.79 Å². The van der Waals surface area contributed by atoms with Crippen LogP contribution in [0.4, 0.5) is 14.6 Å². The Bertz CT molecular complexity index is 1030. The number of rotatable bonds is 4. The molecular formula is C20H18F2N6O. The number of hydrogen-bond donors (Lipinski definition) is 0. The second-order valence-corrected chi connectivity index (χ2v) is 6.52. The minimum absolute atomic E-state index is 0.0463. The molecule has 1 amide bonds. The molecule has 1 aliphatic rings. The van der Waals surface area contributed by atoms with Gasteiger partial charge in [-0.2, -0.15) is 0 Å². The number of hydrogen-bond acceptors (Lipinski definition) is 5. The molecule has 2 aromatic heterocycles. The summed E-state index contributed by atoms with van der Waals surface area (Å²) in [6, 6.07) is 5.01. The molecule has 0 spiro atoms. The average Bonchev–Trinajstić information content (AvgIpc) is 3.29. The fraction of sp³-hybridized carbons (Fsp3) is 0.200. The van der Waals surface area contributed by atoms with Crippen molar-refractivity contribution in [1.82, 2.24) is 24.4 Å². The minimum Gasteiger partial charge on any atom is -0.353 e. The number of benzene rings is 1. The summed E-state index contributed by atoms with van der Waals surface area (Å²) in [5.74, 6) is 0.124. The van der Waals surface area contributed by atoms with E-state index in [9.17, 15) is 13.6 Å². The van der Waals surface area contributed by atoms with Crippen LogP contribution in [0.15, 0.2) is 55.4 Å². The van der Waals surface area contributed by atoms with Crippen molar-refractivity contribution in [3.63, 3.8) is 0 Å². The summed E-state index contributed by atoms with van der Waals surface area (Å²) < 4.78 is 28.7. The Labute approximate surface area is 165 Å². The van der Waals surface area contributed by atoms with Crippen molar-refractivity contribution < 1.29 is 13.6 Å². The Hall–Kier alpha value is -3.62. The Morgan fingerprint density at radius 2 is 1.83 bits per heavy atom. The van der Waals surface area contributed by atoms with E-state index >= 15 is 0 Å². The van der Waals surface area contributed by atoms with Crippen LogP contribution in [0, 0.1) is 11.6 Å². The van der Waals surface area contributed by atoms with E-state index in [2.05, 4.69) is 19.9 Å². The van der Waals surface area contributed by atoms with Crippen LogP contribution in [0.25, 0.3) is 11.9 Å². The Balaban J connectivity index is 1.38. The highest BCUT2D eigenvalue weighted by Crippen LogP contribution is 2.17. The van der Waals surface area contributed by atoms with E-state index in [0.29, 0.717) is 32.0 Å². The normalized spacial score (nSPS) is 14.6. The van der Waals surface area contributed by atoms with Crippen LogP contribution in [0.5, 0.6) is 0 Å². The number of halogens is 2. The van der Waals surface area contributed by atoms with Gasteiger partial charge in [-0.1, -0.05) is 0 Å². The molecule has 4 rings (SSSR count). The van der Waals surface area contributed by atoms with Crippen molar-refractivity contribution in [3.05, 3.63) is 72.6 Å². The number of anilines is 1. The fourth-order valence-corrected chi connectivity index (χ4v) is 3.11. The number of aromatic nitrogens is 4. The van der Waals surface area contributed by atoms with E-state index in [0.717, 1.165) is 24.0 Å². The molecule has 3 heterocycles. The summed E-state index contributed by atoms with van der Waals surface area (Å²) in [5, 5.41) is 0. The zero-order valence-electron chi connectivity index (χ0n) is 15.4. The number of nitrogens with zero attached hydrogens (tertiary/aromatic N) is 6. The summed E-state index contributed by atoms with van der Waals surface area (Å²) in [7, 11) is 0. The minimum atomic E-state index is -0.572. The first-order valence-electron chi connectivity index (χ1n) is 9.07. The van der Waals surface area contributed by atoms with Gasteiger partial charge in [0.1, 0.15) is 35.9 Å². The van der Waals surface area contributed by atoms with Crippen LogP contribution in [0.1, 0.15) is 5.56 Å². The molecule has 0 atom stereocenters. The van der Waals surface area contributed by atoms with Gasteiger partial charge in [0.15, 0.2) is 0 Å². The van der Waals surface area contributed by atoms with Gasteiger partial charge in [-0.3, -0.25) is 9.36 Å². The Morgan fingerprint density at radius 1 is 1.03 bits per heavy atom. The van der Waals surface area contributed by atoms with Crippen molar-refractivity contribution in [3.8, 4) is 5.82 Å². The van der Waals surface area contributed by atoms with Crippen LogP contribution < -0.4 is 4.90 Å². The molecule has 7 nitrogen and oxygen atoms in total. The van der Waals surface area contributed by atoms with Gasteiger partial charge in [0.05, 0.1) is 0 Å². The number of carbonyl (C=O) groups is 1. The molecule has 0 saturated carbocycles. The molecule has 0 N–H and O–H groups in total. The monoisotopic (exact) mass is 396 g/mol. The number of carbonyl (C=O) groups excluding carboxylic acids is 1. The molecule has 29 heavy (non-hydrogen) atoms. The van der Waals surface area contributed by atoms with Crippen molar-refractivity contribution in [2.75, 3.05) is 31.1 Å². The van der Waals surface area contributed by atoms with Crippen molar-refractivity contribution in [2.24, 2.45) is 0 Å². The van der Waals surface area contributed by atoms with Crippen molar-refractivity contribution >= 4 is 17.8 Å². The number of amides is 1. The second kappa shape index (κ2) is 8.17. The van der Waals surface area contributed by atoms with Gasteiger partial charge < -0.3 is 9.80 Å². The van der Waals surface area contributed by atoms with Crippen molar-refractivity contribution in [2.45, 2.75) is 0 Å². The van der Waals surface area contributed by atoms with Crippen LogP contribution in [0.2, 0.25) is 0 Å². The summed E-state index contributed by atoms with van der Waals surface area (Å²) >= 11 is 0. The van der Waals surface area contributed by atoms with Gasteiger partial charge in [0, 0.05) is 56.3 Å². The molecule has 3 aromatic rings. The molecule has 0 unspecified atom stereocenters. The first-order chi connectivity index (χ1) is 14.1. The van der Waals surface area contributed by atoms with Gasteiger partial charge in [0.2, 0.25) is 5.91 Å². The molecule has 0 radical (unpaired) electrons. The van der Waals surface area contributed by atoms with E-state index in [1.807, 2.05) is 6.07 Å². The smallest absolute Gasteiger partial charge is 0.246 e. The Morgan fingerprint density at radius 3 is 2.59 bits per heavy atom. The predicted molar refractivity (Wildman–Crippen MR) is 103 cm³/mol. The van der Waals surface area contributed by atoms with Crippen LogP contribution in [-0.4, -0.2) is 56.5 Å². The molecule has 9 heteroatoms. The van der Waals surface area contributed by atoms with E-state index in [1.165, 1.54) is 18.5 Å². The SMILES string of the molecule is O=C(/C=C/c1cc(F)ccc1F)N1CCN(c2cc(-n3ccnc3)ncn2)CC1. The number of imidazole rings is 1. The summed E-state index contributed by atoms with van der Waals surface area (Å²) in [4.78, 5) is 28.7. The third kappa shape index (κ3) is 4.29. The highest BCUT2D eigenvalue weighted by atomic mass is 19.1. The van der Waals surface area contributed by atoms with Gasteiger partial charge in [-0.25, -0.2) is 23.7 Å². The van der Waals surface area contributed by atoms with E-state index in [1.54, 1.807) is 28.2 Å². The van der Waals surface area contributed by atoms with Crippen LogP contribution in [0.3, 0.4) is 0 Å². The fourth-order valence-electron chi connectivity index (χ4n) is 3.11. The summed E-state index contributed by atoms with van der Waals surface area (Å²) in [5.41, 5.74) is 0.0463. The molecule has 0 aliphatic carbocycles. The highest BCUT2D eigenvalue weighted by Gasteiger charge is 2.21. The van der Waals surface area contributed by atoms with E-state index in [4.69, 9.17) is 0 Å². The van der Waals surface area contributed by atoms with Gasteiger partial charge in [0.25, 0.3) is 0 Å². The summed E-state index contributed by atoms with van der Waals surface area (Å²) in [6.07, 6.45) is 9.21. The van der Waals surface area contributed by atoms with Gasteiger partial charge >= 0.3 is 0 Å². The largest absolute Gasteiger partial charge is 0.353 e. The topological polar surface area (TPSA) is 67.2 Å². The third-order valence-electron chi connectivity index (χ3n) is 4.69. The molecule has 1 aliphatic heterocycles. The quantitative estimate of drug-likeness (QED) is 0.633. The maximum atomic E-state index is 13.7. The second-order valence-electron chi connectivity index (χ2n) is 6.52. The predicted octanol–water partition coefficient (Wildman–Crippen LogP) is 2.30. The molecule has 1 saturated heterocycles. The Kier molecular flexibility index (Phi) is 5.28. The average molecular weight is 396 g/mol. The molecular weight excluding hydrogens is 378 g/mol. The lowest BCUT2D eigenvalue weighted by molar-refractivity contribution is -0.126.